The molecule has 0 aliphatic carbocycles. The van der Waals surface area contributed by atoms with Gasteiger partial charge in [-0.2, -0.15) is 5.10 Å². The first kappa shape index (κ1) is 12.7. The van der Waals surface area contributed by atoms with Crippen LogP contribution in [0.5, 0.6) is 0 Å². The van der Waals surface area contributed by atoms with E-state index in [9.17, 15) is 4.79 Å². The highest BCUT2D eigenvalue weighted by molar-refractivity contribution is 5.75. The maximum atomic E-state index is 11.4. The van der Waals surface area contributed by atoms with Gasteiger partial charge in [0.25, 0.3) is 0 Å². The van der Waals surface area contributed by atoms with Crippen molar-refractivity contribution in [3.63, 3.8) is 0 Å². The third-order valence-electron chi connectivity index (χ3n) is 2.46. The van der Waals surface area contributed by atoms with E-state index in [4.69, 9.17) is 0 Å². The Balaban J connectivity index is 2.11. The van der Waals surface area contributed by atoms with Crippen molar-refractivity contribution in [2.24, 2.45) is 7.05 Å². The molecule has 1 amide bonds. The van der Waals surface area contributed by atoms with Crippen LogP contribution in [-0.2, 0) is 18.3 Å². The molecule has 0 spiro atoms. The topological polar surface area (TPSA) is 59.0 Å². The Hall–Kier alpha value is -1.36. The number of hydrogen-bond acceptors (Lipinski definition) is 3. The molecule has 0 atom stereocenters. The van der Waals surface area contributed by atoms with Crippen LogP contribution in [0.3, 0.4) is 0 Å². The van der Waals surface area contributed by atoms with Gasteiger partial charge in [0.2, 0.25) is 5.91 Å². The van der Waals surface area contributed by atoms with Crippen LogP contribution in [-0.4, -0.2) is 35.8 Å². The Kier molecular flexibility index (Phi) is 5.56. The standard InChI is InChI=1S/C11H20N4O/c1-12-7-3-4-11(16)13-8-5-10-6-9-14-15(10)2/h6,9,12H,3-5,7-8H2,1-2H3,(H,13,16). The molecule has 5 nitrogen and oxygen atoms in total. The van der Waals surface area contributed by atoms with Gasteiger partial charge in [-0.3, -0.25) is 9.48 Å². The molecule has 0 saturated heterocycles. The van der Waals surface area contributed by atoms with E-state index in [1.165, 1.54) is 0 Å². The van der Waals surface area contributed by atoms with Crippen molar-refractivity contribution in [1.29, 1.82) is 0 Å². The van der Waals surface area contributed by atoms with E-state index in [0.717, 1.165) is 25.1 Å². The van der Waals surface area contributed by atoms with Gasteiger partial charge in [-0.1, -0.05) is 0 Å². The van der Waals surface area contributed by atoms with Crippen LogP contribution in [0.4, 0.5) is 0 Å². The summed E-state index contributed by atoms with van der Waals surface area (Å²) in [4.78, 5) is 11.4. The van der Waals surface area contributed by atoms with Gasteiger partial charge in [-0.05, 0) is 26.1 Å². The minimum absolute atomic E-state index is 0.123. The smallest absolute Gasteiger partial charge is 0.220 e. The number of hydrogen-bond donors (Lipinski definition) is 2. The molecule has 0 aliphatic rings. The molecule has 1 heterocycles. The third kappa shape index (κ3) is 4.44. The number of carbonyl (C=O) groups is 1. The van der Waals surface area contributed by atoms with E-state index in [1.54, 1.807) is 6.20 Å². The second-order valence-corrected chi connectivity index (χ2v) is 3.75. The fourth-order valence-electron chi connectivity index (χ4n) is 1.49. The molecule has 1 rings (SSSR count). The van der Waals surface area contributed by atoms with Gasteiger partial charge in [-0.15, -0.1) is 0 Å². The molecule has 0 bridgehead atoms. The van der Waals surface area contributed by atoms with Crippen molar-refractivity contribution in [3.8, 4) is 0 Å². The van der Waals surface area contributed by atoms with Crippen LogP contribution in [0.25, 0.3) is 0 Å². The highest BCUT2D eigenvalue weighted by Gasteiger charge is 2.01. The highest BCUT2D eigenvalue weighted by Crippen LogP contribution is 1.96. The second kappa shape index (κ2) is 7.00. The van der Waals surface area contributed by atoms with E-state index in [1.807, 2.05) is 24.8 Å². The minimum Gasteiger partial charge on any atom is -0.356 e. The van der Waals surface area contributed by atoms with E-state index in [-0.39, 0.29) is 5.91 Å². The summed E-state index contributed by atoms with van der Waals surface area (Å²) >= 11 is 0. The van der Waals surface area contributed by atoms with Crippen LogP contribution in [0.15, 0.2) is 12.3 Å². The molecule has 5 heteroatoms. The maximum absolute atomic E-state index is 11.4. The summed E-state index contributed by atoms with van der Waals surface area (Å²) in [5.74, 6) is 0.123. The number of nitrogens with zero attached hydrogens (tertiary/aromatic N) is 2. The lowest BCUT2D eigenvalue weighted by Crippen LogP contribution is -2.26. The first-order valence-electron chi connectivity index (χ1n) is 5.62. The molecule has 0 saturated carbocycles. The third-order valence-corrected chi connectivity index (χ3v) is 2.46. The van der Waals surface area contributed by atoms with Crippen LogP contribution in [0.1, 0.15) is 18.5 Å². The second-order valence-electron chi connectivity index (χ2n) is 3.75. The lowest BCUT2D eigenvalue weighted by Gasteiger charge is -2.05. The molecule has 90 valence electrons. The van der Waals surface area contributed by atoms with E-state index < -0.39 is 0 Å². The van der Waals surface area contributed by atoms with Crippen molar-refractivity contribution in [2.75, 3.05) is 20.1 Å². The molecule has 0 radical (unpaired) electrons. The predicted molar refractivity (Wildman–Crippen MR) is 63.1 cm³/mol. The van der Waals surface area contributed by atoms with E-state index in [2.05, 4.69) is 15.7 Å². The Morgan fingerprint density at radius 1 is 1.50 bits per heavy atom. The van der Waals surface area contributed by atoms with E-state index in [0.29, 0.717) is 13.0 Å². The van der Waals surface area contributed by atoms with Crippen LogP contribution < -0.4 is 10.6 Å². The summed E-state index contributed by atoms with van der Waals surface area (Å²) in [6.45, 7) is 1.56. The van der Waals surface area contributed by atoms with Gasteiger partial charge in [0.05, 0.1) is 0 Å². The molecule has 0 unspecified atom stereocenters. The average Bonchev–Trinajstić information content (AvgIpc) is 2.65. The fourth-order valence-corrected chi connectivity index (χ4v) is 1.49. The largest absolute Gasteiger partial charge is 0.356 e. The molecule has 1 aromatic rings. The zero-order valence-electron chi connectivity index (χ0n) is 9.99. The summed E-state index contributed by atoms with van der Waals surface area (Å²) in [5.41, 5.74) is 1.13. The lowest BCUT2D eigenvalue weighted by molar-refractivity contribution is -0.121. The van der Waals surface area contributed by atoms with Gasteiger partial charge in [0, 0.05) is 38.3 Å². The molecule has 16 heavy (non-hydrogen) atoms. The summed E-state index contributed by atoms with van der Waals surface area (Å²) in [7, 11) is 3.80. The molecule has 1 aromatic heterocycles. The first-order valence-corrected chi connectivity index (χ1v) is 5.62. The van der Waals surface area contributed by atoms with Crippen molar-refractivity contribution >= 4 is 5.91 Å². The fraction of sp³-hybridized carbons (Fsp3) is 0.636. The zero-order valence-corrected chi connectivity index (χ0v) is 9.99. The summed E-state index contributed by atoms with van der Waals surface area (Å²) < 4.78 is 1.83. The maximum Gasteiger partial charge on any atom is 0.220 e. The van der Waals surface area contributed by atoms with Crippen LogP contribution in [0.2, 0.25) is 0 Å². The number of amides is 1. The SMILES string of the molecule is CNCCCC(=O)NCCc1ccnn1C. The van der Waals surface area contributed by atoms with Gasteiger partial charge in [-0.25, -0.2) is 0 Å². The van der Waals surface area contributed by atoms with Crippen LogP contribution in [0, 0.1) is 0 Å². The molecular formula is C11H20N4O. The monoisotopic (exact) mass is 224 g/mol. The summed E-state index contributed by atoms with van der Waals surface area (Å²) in [6.07, 6.45) is 4.07. The first-order chi connectivity index (χ1) is 7.74. The number of aromatic nitrogens is 2. The number of carbonyl (C=O) groups excluding carboxylic acids is 1. The zero-order chi connectivity index (χ0) is 11.8. The van der Waals surface area contributed by atoms with Crippen LogP contribution >= 0.6 is 0 Å². The Morgan fingerprint density at radius 3 is 2.94 bits per heavy atom. The molecule has 0 fully saturated rings. The van der Waals surface area contributed by atoms with Crippen molar-refractivity contribution < 1.29 is 4.79 Å². The number of aryl methyl sites for hydroxylation is 1. The van der Waals surface area contributed by atoms with Gasteiger partial charge < -0.3 is 10.6 Å². The van der Waals surface area contributed by atoms with E-state index >= 15 is 0 Å². The Labute approximate surface area is 96.2 Å². The minimum atomic E-state index is 0.123. The molecule has 2 N–H and O–H groups in total. The summed E-state index contributed by atoms with van der Waals surface area (Å²) in [5, 5.41) is 9.99. The van der Waals surface area contributed by atoms with Gasteiger partial charge in [0.15, 0.2) is 0 Å². The summed E-state index contributed by atoms with van der Waals surface area (Å²) in [6, 6.07) is 1.97. The van der Waals surface area contributed by atoms with Gasteiger partial charge in [0.1, 0.15) is 0 Å². The molecular weight excluding hydrogens is 204 g/mol. The predicted octanol–water partition coefficient (Wildman–Crippen LogP) is 0.0784. The quantitative estimate of drug-likeness (QED) is 0.645. The Bertz CT molecular complexity index is 322. The van der Waals surface area contributed by atoms with Crippen molar-refractivity contribution in [2.45, 2.75) is 19.3 Å². The average molecular weight is 224 g/mol. The molecule has 0 aliphatic heterocycles. The molecule has 0 aromatic carbocycles. The van der Waals surface area contributed by atoms with Gasteiger partial charge >= 0.3 is 0 Å². The van der Waals surface area contributed by atoms with Crippen molar-refractivity contribution in [3.05, 3.63) is 18.0 Å². The highest BCUT2D eigenvalue weighted by atomic mass is 16.1. The number of rotatable bonds is 7. The normalized spacial score (nSPS) is 10.4. The Morgan fingerprint density at radius 2 is 2.31 bits per heavy atom. The number of nitrogens with one attached hydrogen (secondary N) is 2. The van der Waals surface area contributed by atoms with Crippen molar-refractivity contribution in [1.82, 2.24) is 20.4 Å². The lowest BCUT2D eigenvalue weighted by atomic mass is 10.2.